The lowest BCUT2D eigenvalue weighted by molar-refractivity contribution is -0.907. The fraction of sp³-hybridized carbons (Fsp3) is 0.381. The zero-order chi connectivity index (χ0) is 18.4. The van der Waals surface area contributed by atoms with Gasteiger partial charge < -0.3 is 19.7 Å². The molecule has 1 aliphatic heterocycles. The molecule has 5 nitrogen and oxygen atoms in total. The maximum absolute atomic E-state index is 12.3. The van der Waals surface area contributed by atoms with Crippen molar-refractivity contribution in [1.82, 2.24) is 0 Å². The lowest BCUT2D eigenvalue weighted by atomic mass is 10.2. The van der Waals surface area contributed by atoms with Crippen LogP contribution in [-0.2, 0) is 16.1 Å². The largest absolute Gasteiger partial charge is 0.489 e. The van der Waals surface area contributed by atoms with E-state index in [0.29, 0.717) is 13.2 Å². The third-order valence-electron chi connectivity index (χ3n) is 4.41. The Labute approximate surface area is 154 Å². The second kappa shape index (κ2) is 8.83. The molecule has 26 heavy (non-hydrogen) atoms. The van der Waals surface area contributed by atoms with E-state index in [1.54, 1.807) is 0 Å². The third kappa shape index (κ3) is 5.58. The minimum Gasteiger partial charge on any atom is -0.489 e. The molecule has 0 aromatic heterocycles. The molecule has 0 unspecified atom stereocenters. The van der Waals surface area contributed by atoms with Crippen LogP contribution in [0.4, 0.5) is 5.69 Å². The fourth-order valence-corrected chi connectivity index (χ4v) is 3.34. The van der Waals surface area contributed by atoms with Crippen LogP contribution in [0.25, 0.3) is 0 Å². The van der Waals surface area contributed by atoms with Gasteiger partial charge in [-0.3, -0.25) is 4.79 Å². The highest BCUT2D eigenvalue weighted by Gasteiger charge is 2.27. The second-order valence-electron chi connectivity index (χ2n) is 6.94. The summed E-state index contributed by atoms with van der Waals surface area (Å²) in [5.74, 6) is 0.813. The van der Waals surface area contributed by atoms with Gasteiger partial charge in [-0.05, 0) is 43.7 Å². The van der Waals surface area contributed by atoms with E-state index in [-0.39, 0.29) is 18.1 Å². The maximum Gasteiger partial charge on any atom is 0.279 e. The lowest BCUT2D eigenvalue weighted by Gasteiger charge is -2.31. The van der Waals surface area contributed by atoms with E-state index >= 15 is 0 Å². The number of hydrogen-bond donors (Lipinski definition) is 2. The zero-order valence-electron chi connectivity index (χ0n) is 15.4. The zero-order valence-corrected chi connectivity index (χ0v) is 15.4. The van der Waals surface area contributed by atoms with Crippen molar-refractivity contribution in [3.63, 3.8) is 0 Å². The number of hydrogen-bond acceptors (Lipinski definition) is 3. The van der Waals surface area contributed by atoms with Crippen molar-refractivity contribution >= 4 is 11.6 Å². The number of anilines is 1. The topological polar surface area (TPSA) is 52.0 Å². The average molecular weight is 355 g/mol. The summed E-state index contributed by atoms with van der Waals surface area (Å²) < 4.78 is 11.5. The molecule has 3 rings (SSSR count). The highest BCUT2D eigenvalue weighted by atomic mass is 16.5. The predicted molar refractivity (Wildman–Crippen MR) is 101 cm³/mol. The Morgan fingerprint density at radius 2 is 1.73 bits per heavy atom. The minimum absolute atomic E-state index is 0.0271. The number of ether oxygens (including phenoxy) is 2. The molecule has 1 saturated heterocycles. The van der Waals surface area contributed by atoms with E-state index in [0.717, 1.165) is 30.1 Å². The van der Waals surface area contributed by atoms with E-state index in [1.165, 1.54) is 4.90 Å². The molecule has 1 aliphatic rings. The normalized spacial score (nSPS) is 22.6. The van der Waals surface area contributed by atoms with Gasteiger partial charge in [-0.25, -0.2) is 0 Å². The first-order valence-electron chi connectivity index (χ1n) is 9.14. The van der Waals surface area contributed by atoms with Crippen LogP contribution in [0.1, 0.15) is 19.4 Å². The van der Waals surface area contributed by atoms with Gasteiger partial charge in [-0.2, -0.15) is 0 Å². The van der Waals surface area contributed by atoms with Crippen LogP contribution >= 0.6 is 0 Å². The molecule has 1 amide bonds. The smallest absolute Gasteiger partial charge is 0.279 e. The Kier molecular flexibility index (Phi) is 6.26. The van der Waals surface area contributed by atoms with Gasteiger partial charge >= 0.3 is 0 Å². The van der Waals surface area contributed by atoms with Crippen LogP contribution in [0.2, 0.25) is 0 Å². The molecule has 1 heterocycles. The van der Waals surface area contributed by atoms with Crippen molar-refractivity contribution in [1.29, 1.82) is 0 Å². The lowest BCUT2D eigenvalue weighted by Crippen LogP contribution is -3.16. The quantitative estimate of drug-likeness (QED) is 0.832. The monoisotopic (exact) mass is 355 g/mol. The van der Waals surface area contributed by atoms with Crippen molar-refractivity contribution < 1.29 is 19.2 Å². The number of carbonyl (C=O) groups is 1. The summed E-state index contributed by atoms with van der Waals surface area (Å²) in [5, 5.41) is 2.96. The van der Waals surface area contributed by atoms with Crippen molar-refractivity contribution in [3.8, 4) is 5.75 Å². The number of rotatable bonds is 6. The molecule has 1 fully saturated rings. The summed E-state index contributed by atoms with van der Waals surface area (Å²) in [7, 11) is 0. The number of amides is 1. The van der Waals surface area contributed by atoms with Gasteiger partial charge in [0.25, 0.3) is 5.91 Å². The van der Waals surface area contributed by atoms with Gasteiger partial charge in [0.05, 0.1) is 0 Å². The highest BCUT2D eigenvalue weighted by Crippen LogP contribution is 2.17. The molecular formula is C21H27N2O3+. The van der Waals surface area contributed by atoms with E-state index in [4.69, 9.17) is 9.47 Å². The minimum atomic E-state index is 0.0271. The van der Waals surface area contributed by atoms with Crippen LogP contribution in [0.15, 0.2) is 54.6 Å². The van der Waals surface area contributed by atoms with Crippen LogP contribution in [0.3, 0.4) is 0 Å². The van der Waals surface area contributed by atoms with E-state index < -0.39 is 0 Å². The van der Waals surface area contributed by atoms with E-state index in [2.05, 4.69) is 19.2 Å². The Morgan fingerprint density at radius 1 is 1.08 bits per heavy atom. The summed E-state index contributed by atoms with van der Waals surface area (Å²) in [6, 6.07) is 17.5. The Hall–Kier alpha value is -2.37. The molecule has 0 aliphatic carbocycles. The van der Waals surface area contributed by atoms with Crippen LogP contribution in [0.5, 0.6) is 5.75 Å². The second-order valence-corrected chi connectivity index (χ2v) is 6.94. The maximum atomic E-state index is 12.3. The third-order valence-corrected chi connectivity index (χ3v) is 4.41. The summed E-state index contributed by atoms with van der Waals surface area (Å²) in [4.78, 5) is 13.5. The van der Waals surface area contributed by atoms with Gasteiger partial charge in [0.15, 0.2) is 6.54 Å². The van der Waals surface area contributed by atoms with Crippen LogP contribution in [-0.4, -0.2) is 37.7 Å². The molecule has 0 radical (unpaired) electrons. The standard InChI is InChI=1S/C21H26N2O3/c1-16-12-23(13-17(2)26-16)14-21(24)22-19-8-10-20(11-9-19)25-15-18-6-4-3-5-7-18/h3-11,16-17H,12-15H2,1-2H3,(H,22,24)/p+1/t16-,17-/m0/s1. The first kappa shape index (κ1) is 18.4. The molecule has 2 aromatic rings. The summed E-state index contributed by atoms with van der Waals surface area (Å²) in [5.41, 5.74) is 1.91. The molecule has 0 spiro atoms. The molecule has 5 heteroatoms. The molecule has 2 atom stereocenters. The number of benzene rings is 2. The molecule has 2 aromatic carbocycles. The van der Waals surface area contributed by atoms with Gasteiger partial charge in [-0.1, -0.05) is 30.3 Å². The molecule has 0 saturated carbocycles. The van der Waals surface area contributed by atoms with Gasteiger partial charge in [0, 0.05) is 5.69 Å². The summed E-state index contributed by atoms with van der Waals surface area (Å²) >= 11 is 0. The Morgan fingerprint density at radius 3 is 2.38 bits per heavy atom. The van der Waals surface area contributed by atoms with Gasteiger partial charge in [0.2, 0.25) is 0 Å². The molecule has 2 N–H and O–H groups in total. The van der Waals surface area contributed by atoms with Gasteiger partial charge in [0.1, 0.15) is 37.7 Å². The SMILES string of the molecule is C[C@H]1C[NH+](CC(=O)Nc2ccc(OCc3ccccc3)cc2)C[C@H](C)O1. The molecular weight excluding hydrogens is 328 g/mol. The average Bonchev–Trinajstić information content (AvgIpc) is 2.61. The number of morpholine rings is 1. The van der Waals surface area contributed by atoms with Crippen molar-refractivity contribution in [2.24, 2.45) is 0 Å². The van der Waals surface area contributed by atoms with E-state index in [1.807, 2.05) is 54.6 Å². The van der Waals surface area contributed by atoms with Crippen molar-refractivity contribution in [2.45, 2.75) is 32.7 Å². The molecule has 0 bridgehead atoms. The Bertz CT molecular complexity index is 693. The van der Waals surface area contributed by atoms with Crippen molar-refractivity contribution in [3.05, 3.63) is 60.2 Å². The number of carbonyl (C=O) groups excluding carboxylic acids is 1. The predicted octanol–water partition coefficient (Wildman–Crippen LogP) is 1.90. The van der Waals surface area contributed by atoms with Crippen molar-refractivity contribution in [2.75, 3.05) is 25.0 Å². The molecule has 138 valence electrons. The van der Waals surface area contributed by atoms with Crippen LogP contribution < -0.4 is 15.0 Å². The highest BCUT2D eigenvalue weighted by molar-refractivity contribution is 5.91. The number of nitrogens with one attached hydrogen (secondary N) is 2. The van der Waals surface area contributed by atoms with E-state index in [9.17, 15) is 4.79 Å². The fourth-order valence-electron chi connectivity index (χ4n) is 3.34. The summed E-state index contributed by atoms with van der Waals surface area (Å²) in [6.07, 6.45) is 0.394. The number of quaternary nitrogens is 1. The summed E-state index contributed by atoms with van der Waals surface area (Å²) in [6.45, 7) is 6.84. The van der Waals surface area contributed by atoms with Crippen LogP contribution in [0, 0.1) is 0 Å². The van der Waals surface area contributed by atoms with Gasteiger partial charge in [-0.15, -0.1) is 0 Å². The first-order chi connectivity index (χ1) is 12.6. The Balaban J connectivity index is 1.47. The first-order valence-corrected chi connectivity index (χ1v) is 9.14.